The lowest BCUT2D eigenvalue weighted by Gasteiger charge is -2.41. The van der Waals surface area contributed by atoms with Gasteiger partial charge in [-0.1, -0.05) is 13.0 Å². The van der Waals surface area contributed by atoms with Gasteiger partial charge in [0.1, 0.15) is 0 Å². The minimum Gasteiger partial charge on any atom is -0.391 e. The smallest absolute Gasteiger partial charge is 0.240 e. The van der Waals surface area contributed by atoms with Gasteiger partial charge in [0.2, 0.25) is 11.8 Å². The first-order chi connectivity index (χ1) is 12.5. The summed E-state index contributed by atoms with van der Waals surface area (Å²) in [5.41, 5.74) is 3.37. The second kappa shape index (κ2) is 7.39. The summed E-state index contributed by atoms with van der Waals surface area (Å²) in [6, 6.07) is 6.61. The second-order valence-corrected chi connectivity index (χ2v) is 7.82. The first-order valence-corrected chi connectivity index (χ1v) is 9.79. The van der Waals surface area contributed by atoms with E-state index in [1.165, 1.54) is 11.1 Å². The fraction of sp³-hybridized carbons (Fsp3) is 0.619. The first-order valence-electron chi connectivity index (χ1n) is 9.79. The van der Waals surface area contributed by atoms with Crippen molar-refractivity contribution in [3.8, 4) is 0 Å². The van der Waals surface area contributed by atoms with E-state index >= 15 is 0 Å². The molecule has 5 heteroatoms. The van der Waals surface area contributed by atoms with Crippen molar-refractivity contribution in [3.05, 3.63) is 34.9 Å². The van der Waals surface area contributed by atoms with Crippen molar-refractivity contribution >= 4 is 11.8 Å². The van der Waals surface area contributed by atoms with Crippen molar-refractivity contribution in [2.24, 2.45) is 22.2 Å². The molecular formula is C21H31N3O2. The van der Waals surface area contributed by atoms with Crippen LogP contribution in [0.4, 0.5) is 0 Å². The molecule has 1 amide bonds. The van der Waals surface area contributed by atoms with Gasteiger partial charge in [-0.15, -0.1) is 0 Å². The predicted molar refractivity (Wildman–Crippen MR) is 104 cm³/mol. The van der Waals surface area contributed by atoms with Crippen LogP contribution in [0.1, 0.15) is 69.1 Å². The minimum absolute atomic E-state index is 0.155. The van der Waals surface area contributed by atoms with E-state index in [0.717, 1.165) is 31.2 Å². The Morgan fingerprint density at radius 2 is 2.19 bits per heavy atom. The van der Waals surface area contributed by atoms with Crippen molar-refractivity contribution in [2.45, 2.75) is 65.3 Å². The monoisotopic (exact) mass is 357 g/mol. The third-order valence-corrected chi connectivity index (χ3v) is 6.60. The van der Waals surface area contributed by atoms with Crippen molar-refractivity contribution in [2.75, 3.05) is 6.54 Å². The van der Waals surface area contributed by atoms with Gasteiger partial charge in [-0.05, 0) is 81.5 Å². The standard InChI is InChI=1S/C21H31N3O2/c1-5-21-10-9-15(12-18(21)14(4)24-20(21)25)17-8-7-16(11-13(17)3)19(26-22)23-6-2/h7-8,11,14-15,18H,5-6,9-10,12,22H2,1-4H3,(H,24,25). The number of nitrogens with two attached hydrogens (primary N) is 1. The van der Waals surface area contributed by atoms with Crippen molar-refractivity contribution in [1.29, 1.82) is 0 Å². The molecule has 3 N–H and O–H groups in total. The number of fused-ring (bicyclic) bond motifs is 1. The summed E-state index contributed by atoms with van der Waals surface area (Å²) in [6.07, 6.45) is 4.04. The molecule has 0 bridgehead atoms. The predicted octanol–water partition coefficient (Wildman–Crippen LogP) is 3.45. The Hall–Kier alpha value is -1.88. The molecule has 1 aliphatic carbocycles. The van der Waals surface area contributed by atoms with Crippen LogP contribution in [0.3, 0.4) is 0 Å². The summed E-state index contributed by atoms with van der Waals surface area (Å²) in [4.78, 5) is 21.8. The molecule has 0 spiro atoms. The maximum atomic E-state index is 12.5. The zero-order valence-corrected chi connectivity index (χ0v) is 16.3. The molecule has 0 radical (unpaired) electrons. The van der Waals surface area contributed by atoms with Gasteiger partial charge in [-0.3, -0.25) is 4.79 Å². The van der Waals surface area contributed by atoms with Gasteiger partial charge >= 0.3 is 0 Å². The average molecular weight is 357 g/mol. The van der Waals surface area contributed by atoms with Gasteiger partial charge < -0.3 is 10.2 Å². The molecule has 1 saturated carbocycles. The number of hydrogen-bond acceptors (Lipinski definition) is 4. The van der Waals surface area contributed by atoms with Crippen LogP contribution < -0.4 is 11.2 Å². The third-order valence-electron chi connectivity index (χ3n) is 6.60. The number of nitrogens with zero attached hydrogens (tertiary/aromatic N) is 1. The molecule has 1 aliphatic heterocycles. The lowest BCUT2D eigenvalue weighted by Crippen LogP contribution is -2.39. The Kier molecular flexibility index (Phi) is 5.37. The van der Waals surface area contributed by atoms with E-state index in [4.69, 9.17) is 10.7 Å². The van der Waals surface area contributed by atoms with E-state index in [1.807, 2.05) is 13.0 Å². The molecule has 2 aliphatic rings. The first kappa shape index (κ1) is 18.9. The van der Waals surface area contributed by atoms with Gasteiger partial charge in [-0.25, -0.2) is 4.99 Å². The maximum Gasteiger partial charge on any atom is 0.240 e. The molecule has 1 aromatic rings. The maximum absolute atomic E-state index is 12.5. The van der Waals surface area contributed by atoms with Crippen LogP contribution in [-0.4, -0.2) is 24.4 Å². The molecule has 0 aromatic heterocycles. The highest BCUT2D eigenvalue weighted by atomic mass is 16.6. The number of carbonyl (C=O) groups is 1. The Balaban J connectivity index is 1.85. The second-order valence-electron chi connectivity index (χ2n) is 7.82. The fourth-order valence-corrected chi connectivity index (χ4v) is 5.17. The van der Waals surface area contributed by atoms with Gasteiger partial charge in [0.05, 0.1) is 5.41 Å². The normalized spacial score (nSPS) is 31.5. The quantitative estimate of drug-likeness (QED) is 0.492. The summed E-state index contributed by atoms with van der Waals surface area (Å²) >= 11 is 0. The zero-order valence-electron chi connectivity index (χ0n) is 16.3. The van der Waals surface area contributed by atoms with E-state index in [1.54, 1.807) is 0 Å². The van der Waals surface area contributed by atoms with Crippen molar-refractivity contribution < 1.29 is 9.63 Å². The molecule has 5 nitrogen and oxygen atoms in total. The Labute approximate surface area is 156 Å². The van der Waals surface area contributed by atoms with Crippen molar-refractivity contribution in [1.82, 2.24) is 5.32 Å². The third kappa shape index (κ3) is 3.02. The molecular weight excluding hydrogens is 326 g/mol. The molecule has 3 rings (SSSR count). The number of benzene rings is 1. The highest BCUT2D eigenvalue weighted by Gasteiger charge is 2.54. The summed E-state index contributed by atoms with van der Waals surface area (Å²) in [6.45, 7) is 9.05. The minimum atomic E-state index is -0.155. The van der Waals surface area contributed by atoms with E-state index in [-0.39, 0.29) is 17.4 Å². The van der Waals surface area contributed by atoms with Crippen LogP contribution in [0, 0.1) is 18.3 Å². The van der Waals surface area contributed by atoms with Crippen molar-refractivity contribution in [3.63, 3.8) is 0 Å². The fourth-order valence-electron chi connectivity index (χ4n) is 5.17. The summed E-state index contributed by atoms with van der Waals surface area (Å²) < 4.78 is 0. The highest BCUT2D eigenvalue weighted by molar-refractivity contribution is 5.94. The number of hydrogen-bond donors (Lipinski definition) is 2. The molecule has 2 fully saturated rings. The topological polar surface area (TPSA) is 76.7 Å². The zero-order chi connectivity index (χ0) is 18.9. The summed E-state index contributed by atoms with van der Waals surface area (Å²) in [7, 11) is 0. The van der Waals surface area contributed by atoms with Crippen LogP contribution in [0.15, 0.2) is 23.2 Å². The lowest BCUT2D eigenvalue weighted by atomic mass is 9.60. The molecule has 142 valence electrons. The number of nitrogens with one attached hydrogen (secondary N) is 1. The van der Waals surface area contributed by atoms with Crippen LogP contribution >= 0.6 is 0 Å². The number of aliphatic imine (C=N–C) groups is 1. The average Bonchev–Trinajstić information content (AvgIpc) is 2.90. The molecule has 4 unspecified atom stereocenters. The number of rotatable bonds is 4. The number of amides is 1. The molecule has 1 heterocycles. The molecule has 1 aromatic carbocycles. The van der Waals surface area contributed by atoms with E-state index in [0.29, 0.717) is 24.3 Å². The summed E-state index contributed by atoms with van der Waals surface area (Å²) in [5, 5.41) is 3.20. The van der Waals surface area contributed by atoms with Gasteiger partial charge in [-0.2, -0.15) is 5.90 Å². The number of carbonyl (C=O) groups excluding carboxylic acids is 1. The number of aryl methyl sites for hydroxylation is 1. The van der Waals surface area contributed by atoms with E-state index in [2.05, 4.69) is 43.2 Å². The summed E-state index contributed by atoms with van der Waals surface area (Å²) in [5.74, 6) is 7.03. The Bertz CT molecular complexity index is 715. The van der Waals surface area contributed by atoms with Crippen LogP contribution in [0.5, 0.6) is 0 Å². The van der Waals surface area contributed by atoms with E-state index in [9.17, 15) is 4.79 Å². The van der Waals surface area contributed by atoms with Crippen LogP contribution in [0.2, 0.25) is 0 Å². The van der Waals surface area contributed by atoms with Gasteiger partial charge in [0.15, 0.2) is 0 Å². The molecule has 26 heavy (non-hydrogen) atoms. The SMILES string of the molecule is CCN=C(ON)c1ccc(C2CCC3(CC)C(=O)NC(C)C3C2)c(C)c1. The van der Waals surface area contributed by atoms with Gasteiger partial charge in [0.25, 0.3) is 0 Å². The lowest BCUT2D eigenvalue weighted by molar-refractivity contribution is -0.130. The Morgan fingerprint density at radius 3 is 2.81 bits per heavy atom. The molecule has 1 saturated heterocycles. The van der Waals surface area contributed by atoms with E-state index < -0.39 is 0 Å². The highest BCUT2D eigenvalue weighted by Crippen LogP contribution is 2.53. The van der Waals surface area contributed by atoms with Crippen LogP contribution in [-0.2, 0) is 9.63 Å². The van der Waals surface area contributed by atoms with Gasteiger partial charge in [0, 0.05) is 18.2 Å². The largest absolute Gasteiger partial charge is 0.391 e. The van der Waals surface area contributed by atoms with Crippen LogP contribution in [0.25, 0.3) is 0 Å². The Morgan fingerprint density at radius 1 is 1.42 bits per heavy atom. The molecule has 4 atom stereocenters.